The van der Waals surface area contributed by atoms with Gasteiger partial charge in [-0.25, -0.2) is 0 Å². The summed E-state index contributed by atoms with van der Waals surface area (Å²) < 4.78 is 0. The predicted octanol–water partition coefficient (Wildman–Crippen LogP) is 4.00. The number of benzene rings is 2. The fraction of sp³-hybridized carbons (Fsp3) is 0.125. The Morgan fingerprint density at radius 3 is 2.62 bits per heavy atom. The zero-order valence-electron chi connectivity index (χ0n) is 11.0. The zero-order chi connectivity index (χ0) is 15.2. The van der Waals surface area contributed by atoms with Crippen LogP contribution in [-0.2, 0) is 11.2 Å². The molecule has 0 amide bonds. The third kappa shape index (κ3) is 4.25. The molecule has 0 radical (unpaired) electrons. The van der Waals surface area contributed by atoms with Crippen molar-refractivity contribution < 1.29 is 9.90 Å². The molecule has 1 atom stereocenters. The number of halogens is 1. The Hall–Kier alpha value is -1.96. The molecule has 2 aromatic rings. The molecule has 0 heterocycles. The van der Waals surface area contributed by atoms with E-state index in [-0.39, 0.29) is 0 Å². The Balaban J connectivity index is 2.21. The van der Waals surface area contributed by atoms with Crippen LogP contribution in [0.1, 0.15) is 11.1 Å². The van der Waals surface area contributed by atoms with Gasteiger partial charge in [0, 0.05) is 9.92 Å². The first-order chi connectivity index (χ1) is 10.1. The molecule has 0 fully saturated rings. The molecule has 5 heteroatoms. The first-order valence-corrected chi connectivity index (χ1v) is 7.49. The zero-order valence-corrected chi connectivity index (χ0v) is 12.6. The van der Waals surface area contributed by atoms with Crippen molar-refractivity contribution in [2.45, 2.75) is 16.6 Å². The number of carboxylic acid groups (broad SMARTS) is 1. The minimum Gasteiger partial charge on any atom is -0.480 e. The predicted molar refractivity (Wildman–Crippen MR) is 83.6 cm³/mol. The van der Waals surface area contributed by atoms with E-state index >= 15 is 0 Å². The van der Waals surface area contributed by atoms with Crippen LogP contribution in [0.4, 0.5) is 0 Å². The van der Waals surface area contributed by atoms with Crippen LogP contribution in [0.3, 0.4) is 0 Å². The van der Waals surface area contributed by atoms with Crippen LogP contribution < -0.4 is 0 Å². The van der Waals surface area contributed by atoms with Gasteiger partial charge in [0.15, 0.2) is 0 Å². The Labute approximate surface area is 132 Å². The first kappa shape index (κ1) is 15.4. The highest BCUT2D eigenvalue weighted by Gasteiger charge is 2.21. The van der Waals surface area contributed by atoms with Gasteiger partial charge < -0.3 is 5.11 Å². The van der Waals surface area contributed by atoms with Gasteiger partial charge in [-0.1, -0.05) is 41.9 Å². The second kappa shape index (κ2) is 7.16. The molecule has 1 N–H and O–H groups in total. The quantitative estimate of drug-likeness (QED) is 0.847. The van der Waals surface area contributed by atoms with Gasteiger partial charge >= 0.3 is 5.97 Å². The summed E-state index contributed by atoms with van der Waals surface area (Å²) in [6, 6.07) is 16.4. The minimum absolute atomic E-state index is 0.395. The normalized spacial score (nSPS) is 11.6. The molecule has 0 saturated heterocycles. The topological polar surface area (TPSA) is 61.1 Å². The van der Waals surface area contributed by atoms with E-state index in [4.69, 9.17) is 16.9 Å². The smallest absolute Gasteiger partial charge is 0.317 e. The average molecular weight is 318 g/mol. The largest absolute Gasteiger partial charge is 0.480 e. The summed E-state index contributed by atoms with van der Waals surface area (Å²) in [5.41, 5.74) is 1.34. The van der Waals surface area contributed by atoms with Crippen molar-refractivity contribution in [1.82, 2.24) is 0 Å². The highest BCUT2D eigenvalue weighted by atomic mass is 35.5. The van der Waals surface area contributed by atoms with Gasteiger partial charge in [-0.3, -0.25) is 4.79 Å². The Bertz CT molecular complexity index is 682. The van der Waals surface area contributed by atoms with E-state index in [9.17, 15) is 9.90 Å². The Morgan fingerprint density at radius 2 is 2.00 bits per heavy atom. The van der Waals surface area contributed by atoms with Crippen LogP contribution in [0.15, 0.2) is 53.4 Å². The summed E-state index contributed by atoms with van der Waals surface area (Å²) >= 11 is 7.02. The summed E-state index contributed by atoms with van der Waals surface area (Å²) in [6.45, 7) is 0. The lowest BCUT2D eigenvalue weighted by Gasteiger charge is -2.13. The standard InChI is InChI=1S/C16H12ClNO2S/c17-13-6-7-14(12(9-13)10-18)21-15(16(19)20)8-11-4-2-1-3-5-11/h1-7,9,15H,8H2,(H,19,20). The molecule has 0 aromatic heterocycles. The van der Waals surface area contributed by atoms with E-state index in [0.29, 0.717) is 21.9 Å². The molecule has 0 bridgehead atoms. The van der Waals surface area contributed by atoms with Gasteiger partial charge in [-0.05, 0) is 30.2 Å². The Kier molecular flexibility index (Phi) is 5.26. The van der Waals surface area contributed by atoms with Crippen LogP contribution in [0.5, 0.6) is 0 Å². The van der Waals surface area contributed by atoms with Crippen LogP contribution in [0.2, 0.25) is 5.02 Å². The molecule has 2 aromatic carbocycles. The van der Waals surface area contributed by atoms with Crippen molar-refractivity contribution in [3.8, 4) is 6.07 Å². The monoisotopic (exact) mass is 317 g/mol. The molecule has 2 rings (SSSR count). The van der Waals surface area contributed by atoms with E-state index in [2.05, 4.69) is 0 Å². The van der Waals surface area contributed by atoms with Crippen LogP contribution >= 0.6 is 23.4 Å². The lowest BCUT2D eigenvalue weighted by Crippen LogP contribution is -2.19. The summed E-state index contributed by atoms with van der Waals surface area (Å²) in [7, 11) is 0. The maximum atomic E-state index is 11.4. The SMILES string of the molecule is N#Cc1cc(Cl)ccc1SC(Cc1ccccc1)C(=O)O. The molecule has 0 aliphatic heterocycles. The third-order valence-corrected chi connectivity index (χ3v) is 4.37. The molecule has 106 valence electrons. The van der Waals surface area contributed by atoms with E-state index < -0.39 is 11.2 Å². The van der Waals surface area contributed by atoms with Gasteiger partial charge in [0.25, 0.3) is 0 Å². The second-order valence-corrected chi connectivity index (χ2v) is 6.07. The van der Waals surface area contributed by atoms with Gasteiger partial charge in [-0.15, -0.1) is 11.8 Å². The maximum Gasteiger partial charge on any atom is 0.317 e. The molecule has 0 spiro atoms. The number of carbonyl (C=O) groups is 1. The average Bonchev–Trinajstić information content (AvgIpc) is 2.49. The van der Waals surface area contributed by atoms with Gasteiger partial charge in [0.1, 0.15) is 11.3 Å². The number of hydrogen-bond acceptors (Lipinski definition) is 3. The summed E-state index contributed by atoms with van der Waals surface area (Å²) in [5.74, 6) is -0.900. The van der Waals surface area contributed by atoms with Crippen LogP contribution in [-0.4, -0.2) is 16.3 Å². The van der Waals surface area contributed by atoms with E-state index in [1.165, 1.54) is 11.8 Å². The van der Waals surface area contributed by atoms with Crippen molar-refractivity contribution in [3.63, 3.8) is 0 Å². The van der Waals surface area contributed by atoms with Crippen LogP contribution in [0, 0.1) is 11.3 Å². The highest BCUT2D eigenvalue weighted by Crippen LogP contribution is 2.30. The Morgan fingerprint density at radius 1 is 1.29 bits per heavy atom. The van der Waals surface area contributed by atoms with Gasteiger partial charge in [0.2, 0.25) is 0 Å². The number of nitrogens with zero attached hydrogens (tertiary/aromatic N) is 1. The van der Waals surface area contributed by atoms with E-state index in [0.717, 1.165) is 5.56 Å². The van der Waals surface area contributed by atoms with Crippen molar-refractivity contribution in [3.05, 3.63) is 64.7 Å². The first-order valence-electron chi connectivity index (χ1n) is 6.23. The number of thioether (sulfide) groups is 1. The fourth-order valence-electron chi connectivity index (χ4n) is 1.85. The van der Waals surface area contributed by atoms with Gasteiger partial charge in [0.05, 0.1) is 5.56 Å². The van der Waals surface area contributed by atoms with Crippen molar-refractivity contribution in [1.29, 1.82) is 5.26 Å². The lowest BCUT2D eigenvalue weighted by molar-refractivity contribution is -0.136. The summed E-state index contributed by atoms with van der Waals surface area (Å²) in [6.07, 6.45) is 0.397. The van der Waals surface area contributed by atoms with Crippen molar-refractivity contribution in [2.24, 2.45) is 0 Å². The van der Waals surface area contributed by atoms with Gasteiger partial charge in [-0.2, -0.15) is 5.26 Å². The molecule has 0 aliphatic rings. The number of rotatable bonds is 5. The number of carboxylic acids is 1. The molecular formula is C16H12ClNO2S. The fourth-order valence-corrected chi connectivity index (χ4v) is 3.09. The molecular weight excluding hydrogens is 306 g/mol. The number of nitriles is 1. The molecule has 0 aliphatic carbocycles. The highest BCUT2D eigenvalue weighted by molar-refractivity contribution is 8.00. The third-order valence-electron chi connectivity index (χ3n) is 2.87. The molecule has 3 nitrogen and oxygen atoms in total. The molecule has 1 unspecified atom stereocenters. The second-order valence-electron chi connectivity index (χ2n) is 4.39. The summed E-state index contributed by atoms with van der Waals surface area (Å²) in [5, 5.41) is 18.3. The lowest BCUT2D eigenvalue weighted by atomic mass is 10.1. The number of aliphatic carboxylic acids is 1. The van der Waals surface area contributed by atoms with Crippen LogP contribution in [0.25, 0.3) is 0 Å². The number of hydrogen-bond donors (Lipinski definition) is 1. The summed E-state index contributed by atoms with van der Waals surface area (Å²) in [4.78, 5) is 12.1. The molecule has 21 heavy (non-hydrogen) atoms. The minimum atomic E-state index is -0.900. The molecule has 0 saturated carbocycles. The van der Waals surface area contributed by atoms with Crippen molar-refractivity contribution in [2.75, 3.05) is 0 Å². The van der Waals surface area contributed by atoms with E-state index in [1.54, 1.807) is 18.2 Å². The van der Waals surface area contributed by atoms with E-state index in [1.807, 2.05) is 36.4 Å². The van der Waals surface area contributed by atoms with Crippen molar-refractivity contribution >= 4 is 29.3 Å². The maximum absolute atomic E-state index is 11.4.